The first-order chi connectivity index (χ1) is 10.8. The minimum Gasteiger partial charge on any atom is -0.282 e. The smallest absolute Gasteiger partial charge is 0.233 e. The number of imide groups is 1. The molecule has 0 unspecified atom stereocenters. The Kier molecular flexibility index (Phi) is 2.47. The minimum atomic E-state index is -0.0537. The summed E-state index contributed by atoms with van der Waals surface area (Å²) in [6, 6.07) is 10.1. The molecule has 0 spiro atoms. The quantitative estimate of drug-likeness (QED) is 0.633. The Hall–Kier alpha value is -1.90. The number of carbonyl (C=O) groups excluding carboxylic acids is 2. The van der Waals surface area contributed by atoms with Crippen molar-refractivity contribution in [1.29, 1.82) is 0 Å². The summed E-state index contributed by atoms with van der Waals surface area (Å²) in [6.45, 7) is 0.531. The van der Waals surface area contributed by atoms with E-state index in [9.17, 15) is 9.59 Å². The van der Waals surface area contributed by atoms with Crippen molar-refractivity contribution < 1.29 is 9.59 Å². The van der Waals surface area contributed by atoms with Crippen LogP contribution in [0.4, 0.5) is 0 Å². The summed E-state index contributed by atoms with van der Waals surface area (Å²) in [5.41, 5.74) is 1.18. The standard InChI is InChI=1S/C19H19NO2/c21-18-16-12-6-7-13(15-10-14(12)15)17(16)19(22)20(18)9-8-11-4-2-1-3-5-11/h1-7,12-17H,8-10H2/t12-,13-,14-,15+,16+,17+/m1/s1. The fourth-order valence-electron chi connectivity index (χ4n) is 5.12. The van der Waals surface area contributed by atoms with Gasteiger partial charge in [0.15, 0.2) is 0 Å². The minimum absolute atomic E-state index is 0.0537. The fraction of sp³-hybridized carbons (Fsp3) is 0.474. The average molecular weight is 293 g/mol. The van der Waals surface area contributed by atoms with Crippen LogP contribution in [-0.2, 0) is 16.0 Å². The number of rotatable bonds is 3. The summed E-state index contributed by atoms with van der Waals surface area (Å²) in [5.74, 6) is 2.11. The second-order valence-corrected chi connectivity index (χ2v) is 7.22. The third kappa shape index (κ3) is 1.57. The van der Waals surface area contributed by atoms with Gasteiger partial charge in [0, 0.05) is 6.54 Å². The predicted molar refractivity (Wildman–Crippen MR) is 81.6 cm³/mol. The first-order valence-electron chi connectivity index (χ1n) is 8.33. The van der Waals surface area contributed by atoms with Gasteiger partial charge in [-0.25, -0.2) is 0 Å². The Morgan fingerprint density at radius 1 is 0.909 bits per heavy atom. The maximum absolute atomic E-state index is 12.8. The van der Waals surface area contributed by atoms with Crippen LogP contribution in [-0.4, -0.2) is 23.3 Å². The summed E-state index contributed by atoms with van der Waals surface area (Å²) < 4.78 is 0. The van der Waals surface area contributed by atoms with Crippen LogP contribution in [0.2, 0.25) is 0 Å². The van der Waals surface area contributed by atoms with E-state index >= 15 is 0 Å². The first kappa shape index (κ1) is 12.6. The second-order valence-electron chi connectivity index (χ2n) is 7.22. The van der Waals surface area contributed by atoms with Gasteiger partial charge < -0.3 is 0 Å². The van der Waals surface area contributed by atoms with Crippen molar-refractivity contribution in [3.8, 4) is 0 Å². The van der Waals surface area contributed by atoms with E-state index < -0.39 is 0 Å². The lowest BCUT2D eigenvalue weighted by Gasteiger charge is -2.37. The molecule has 0 N–H and O–H groups in total. The Balaban J connectivity index is 1.38. The highest BCUT2D eigenvalue weighted by molar-refractivity contribution is 6.06. The maximum Gasteiger partial charge on any atom is 0.233 e. The lowest BCUT2D eigenvalue weighted by atomic mass is 9.63. The van der Waals surface area contributed by atoms with E-state index in [0.717, 1.165) is 6.42 Å². The van der Waals surface area contributed by atoms with E-state index in [-0.39, 0.29) is 23.7 Å². The molecular formula is C19H19NO2. The lowest BCUT2D eigenvalue weighted by Crippen LogP contribution is -2.40. The highest BCUT2D eigenvalue weighted by Crippen LogP contribution is 2.65. The van der Waals surface area contributed by atoms with E-state index in [2.05, 4.69) is 24.3 Å². The molecule has 1 aliphatic heterocycles. The summed E-state index contributed by atoms with van der Waals surface area (Å²) >= 11 is 0. The Bertz CT molecular complexity index is 644. The number of hydrogen-bond donors (Lipinski definition) is 0. The summed E-state index contributed by atoms with van der Waals surface area (Å²) in [6.07, 6.45) is 6.44. The van der Waals surface area contributed by atoms with Crippen molar-refractivity contribution in [3.63, 3.8) is 0 Å². The van der Waals surface area contributed by atoms with Crippen LogP contribution in [0, 0.1) is 35.5 Å². The van der Waals surface area contributed by atoms with Crippen LogP contribution in [0.1, 0.15) is 12.0 Å². The van der Waals surface area contributed by atoms with Crippen LogP contribution < -0.4 is 0 Å². The summed E-state index contributed by atoms with van der Waals surface area (Å²) in [7, 11) is 0. The zero-order chi connectivity index (χ0) is 14.8. The molecule has 22 heavy (non-hydrogen) atoms. The van der Waals surface area contributed by atoms with Gasteiger partial charge in [-0.2, -0.15) is 0 Å². The van der Waals surface area contributed by atoms with Gasteiger partial charge in [0.25, 0.3) is 0 Å². The van der Waals surface area contributed by atoms with Gasteiger partial charge >= 0.3 is 0 Å². The highest BCUT2D eigenvalue weighted by Gasteiger charge is 2.66. The van der Waals surface area contributed by atoms with Crippen molar-refractivity contribution in [3.05, 3.63) is 48.0 Å². The molecule has 0 radical (unpaired) electrons. The molecule has 4 aliphatic carbocycles. The molecule has 2 amide bonds. The first-order valence-corrected chi connectivity index (χ1v) is 8.33. The molecule has 6 atom stereocenters. The molecule has 1 heterocycles. The van der Waals surface area contributed by atoms with Gasteiger partial charge in [0.05, 0.1) is 11.8 Å². The SMILES string of the molecule is O=C1[C@H]2[C@@H]3C=C[C@H]([C@@H]4C[C@H]34)[C@@H]2C(=O)N1CCc1ccccc1. The number of benzene rings is 1. The lowest BCUT2D eigenvalue weighted by molar-refractivity contribution is -0.140. The number of nitrogens with zero attached hydrogens (tertiary/aromatic N) is 1. The van der Waals surface area contributed by atoms with E-state index in [1.54, 1.807) is 4.90 Å². The normalized spacial score (nSPS) is 40.8. The van der Waals surface area contributed by atoms with Gasteiger partial charge in [0.1, 0.15) is 0 Å². The molecule has 1 aromatic carbocycles. The molecule has 3 nitrogen and oxygen atoms in total. The Morgan fingerprint density at radius 3 is 2.09 bits per heavy atom. The van der Waals surface area contributed by atoms with Crippen LogP contribution in [0.3, 0.4) is 0 Å². The largest absolute Gasteiger partial charge is 0.282 e. The summed E-state index contributed by atoms with van der Waals surface area (Å²) in [4.78, 5) is 27.1. The van der Waals surface area contributed by atoms with Crippen molar-refractivity contribution >= 4 is 11.8 Å². The molecule has 6 rings (SSSR count). The van der Waals surface area contributed by atoms with E-state index in [0.29, 0.717) is 30.2 Å². The second kappa shape index (κ2) is 4.31. The molecule has 2 saturated carbocycles. The fourth-order valence-corrected chi connectivity index (χ4v) is 5.12. The molecule has 5 aliphatic rings. The Labute approximate surface area is 130 Å². The van der Waals surface area contributed by atoms with Crippen LogP contribution in [0.5, 0.6) is 0 Å². The monoisotopic (exact) mass is 293 g/mol. The van der Waals surface area contributed by atoms with E-state index in [4.69, 9.17) is 0 Å². The number of hydrogen-bond acceptors (Lipinski definition) is 2. The van der Waals surface area contributed by atoms with Gasteiger partial charge in [-0.15, -0.1) is 0 Å². The predicted octanol–water partition coefficient (Wildman–Crippen LogP) is 2.28. The number of amides is 2. The number of carbonyl (C=O) groups is 2. The van der Waals surface area contributed by atoms with E-state index in [1.807, 2.05) is 18.2 Å². The highest BCUT2D eigenvalue weighted by atomic mass is 16.2. The summed E-state index contributed by atoms with van der Waals surface area (Å²) in [5, 5.41) is 0. The molecule has 3 fully saturated rings. The van der Waals surface area contributed by atoms with E-state index in [1.165, 1.54) is 12.0 Å². The molecule has 112 valence electrons. The zero-order valence-electron chi connectivity index (χ0n) is 12.4. The van der Waals surface area contributed by atoms with Crippen molar-refractivity contribution in [2.24, 2.45) is 35.5 Å². The average Bonchev–Trinajstić information content (AvgIpc) is 3.33. The number of likely N-dealkylation sites (tertiary alicyclic amines) is 1. The van der Waals surface area contributed by atoms with Gasteiger partial charge in [0.2, 0.25) is 11.8 Å². The molecule has 1 aromatic rings. The van der Waals surface area contributed by atoms with Gasteiger partial charge in [-0.3, -0.25) is 14.5 Å². The third-order valence-corrected chi connectivity index (χ3v) is 6.22. The zero-order valence-corrected chi connectivity index (χ0v) is 12.4. The number of allylic oxidation sites excluding steroid dienone is 2. The molecule has 1 saturated heterocycles. The molecule has 3 heteroatoms. The topological polar surface area (TPSA) is 37.4 Å². The third-order valence-electron chi connectivity index (χ3n) is 6.22. The molecule has 2 bridgehead atoms. The van der Waals surface area contributed by atoms with Crippen LogP contribution >= 0.6 is 0 Å². The molecular weight excluding hydrogens is 274 g/mol. The van der Waals surface area contributed by atoms with Gasteiger partial charge in [-0.1, -0.05) is 42.5 Å². The van der Waals surface area contributed by atoms with Crippen molar-refractivity contribution in [1.82, 2.24) is 4.90 Å². The van der Waals surface area contributed by atoms with Crippen molar-refractivity contribution in [2.45, 2.75) is 12.8 Å². The van der Waals surface area contributed by atoms with Crippen LogP contribution in [0.25, 0.3) is 0 Å². The maximum atomic E-state index is 12.8. The molecule has 0 aromatic heterocycles. The van der Waals surface area contributed by atoms with Gasteiger partial charge in [-0.05, 0) is 42.1 Å². The Morgan fingerprint density at radius 2 is 1.50 bits per heavy atom. The van der Waals surface area contributed by atoms with Crippen molar-refractivity contribution in [2.75, 3.05) is 6.54 Å². The van der Waals surface area contributed by atoms with Crippen LogP contribution in [0.15, 0.2) is 42.5 Å².